The first-order valence-corrected chi connectivity index (χ1v) is 11.1. The number of phenols is 1. The fraction of sp³-hybridized carbons (Fsp3) is 0.269. The number of amides is 1. The van der Waals surface area contributed by atoms with Crippen molar-refractivity contribution in [3.8, 4) is 11.5 Å². The van der Waals surface area contributed by atoms with Gasteiger partial charge in [0.1, 0.15) is 23.1 Å². The predicted molar refractivity (Wildman–Crippen MR) is 130 cm³/mol. The number of carbonyl (C=O) groups excluding carboxylic acids is 1. The summed E-state index contributed by atoms with van der Waals surface area (Å²) in [6.45, 7) is 6.77. The van der Waals surface area contributed by atoms with Crippen molar-refractivity contribution in [2.75, 3.05) is 0 Å². The van der Waals surface area contributed by atoms with Gasteiger partial charge in [-0.2, -0.15) is 0 Å². The van der Waals surface area contributed by atoms with E-state index in [-0.39, 0.29) is 12.2 Å². The van der Waals surface area contributed by atoms with E-state index < -0.39 is 29.6 Å². The van der Waals surface area contributed by atoms with Gasteiger partial charge in [-0.05, 0) is 74.7 Å². The van der Waals surface area contributed by atoms with Crippen LogP contribution in [0, 0.1) is 20.8 Å². The summed E-state index contributed by atoms with van der Waals surface area (Å²) >= 11 is 0. The molecule has 2 atom stereocenters. The van der Waals surface area contributed by atoms with E-state index in [0.29, 0.717) is 38.8 Å². The summed E-state index contributed by atoms with van der Waals surface area (Å²) < 4.78 is 11.3. The first-order valence-electron chi connectivity index (χ1n) is 11.1. The van der Waals surface area contributed by atoms with Gasteiger partial charge in [-0.1, -0.05) is 0 Å². The van der Waals surface area contributed by atoms with Crippen molar-refractivity contribution in [2.24, 2.45) is 0 Å². The number of phenolic OH excluding ortho intramolecular Hbond substituents is 1. The van der Waals surface area contributed by atoms with Gasteiger partial charge in [-0.3, -0.25) is 4.79 Å². The van der Waals surface area contributed by atoms with Crippen LogP contribution in [0.1, 0.15) is 29.2 Å². The molecule has 4 N–H and O–H groups in total. The molecule has 2 aromatic heterocycles. The zero-order chi connectivity index (χ0) is 25.4. The summed E-state index contributed by atoms with van der Waals surface area (Å²) in [5, 5.41) is 23.3. The average Bonchev–Trinajstić information content (AvgIpc) is 3.18. The van der Waals surface area contributed by atoms with Gasteiger partial charge in [0.25, 0.3) is 5.91 Å². The SMILES string of the molecule is Cc1cc(O[C@H](C)C(=O)N[C@H](Cc2c[nH]c3ccc(O)cc23)C(=O)O)c2c(C)c(C)c(=O)oc2c1. The Balaban J connectivity index is 1.57. The molecular formula is C26H26N2O7. The van der Waals surface area contributed by atoms with Gasteiger partial charge in [-0.25, -0.2) is 9.59 Å². The number of hydrogen-bond donors (Lipinski definition) is 4. The van der Waals surface area contributed by atoms with Gasteiger partial charge in [-0.15, -0.1) is 0 Å². The van der Waals surface area contributed by atoms with Crippen LogP contribution in [-0.2, 0) is 16.0 Å². The maximum Gasteiger partial charge on any atom is 0.339 e. The standard InChI is InChI=1S/C26H26N2O7/c1-12-7-21(23-13(2)14(3)26(33)35-22(23)8-12)34-15(4)24(30)28-20(25(31)32)9-16-11-27-19-6-5-17(29)10-18(16)19/h5-8,10-11,15,20,27,29H,9H2,1-4H3,(H,28,30)(H,31,32)/t15-,20-/m1/s1. The lowest BCUT2D eigenvalue weighted by molar-refractivity contribution is -0.142. The van der Waals surface area contributed by atoms with Gasteiger partial charge in [0, 0.05) is 29.1 Å². The Bertz CT molecular complexity index is 1520. The number of rotatable bonds is 7. The molecule has 0 radical (unpaired) electrons. The fourth-order valence-electron chi connectivity index (χ4n) is 4.07. The summed E-state index contributed by atoms with van der Waals surface area (Å²) in [5.41, 5.74) is 3.21. The van der Waals surface area contributed by atoms with Gasteiger partial charge in [0.15, 0.2) is 6.10 Å². The zero-order valence-corrected chi connectivity index (χ0v) is 19.8. The van der Waals surface area contributed by atoms with Crippen molar-refractivity contribution in [2.45, 2.75) is 46.3 Å². The van der Waals surface area contributed by atoms with Crippen molar-refractivity contribution in [3.05, 3.63) is 69.2 Å². The van der Waals surface area contributed by atoms with E-state index in [4.69, 9.17) is 9.15 Å². The lowest BCUT2D eigenvalue weighted by Crippen LogP contribution is -2.47. The summed E-state index contributed by atoms with van der Waals surface area (Å²) in [5.74, 6) is -1.38. The molecule has 9 nitrogen and oxygen atoms in total. The molecular weight excluding hydrogens is 452 g/mol. The van der Waals surface area contributed by atoms with E-state index >= 15 is 0 Å². The number of aromatic amines is 1. The van der Waals surface area contributed by atoms with E-state index in [9.17, 15) is 24.6 Å². The quantitative estimate of drug-likeness (QED) is 0.298. The molecule has 0 saturated carbocycles. The second-order valence-electron chi connectivity index (χ2n) is 8.68. The molecule has 4 aromatic rings. The Hall–Kier alpha value is -4.27. The molecule has 0 saturated heterocycles. The topological polar surface area (TPSA) is 142 Å². The number of aromatic nitrogens is 1. The van der Waals surface area contributed by atoms with Crippen LogP contribution in [0.2, 0.25) is 0 Å². The molecule has 2 aromatic carbocycles. The Morgan fingerprint density at radius 2 is 1.89 bits per heavy atom. The Kier molecular flexibility index (Phi) is 6.26. The highest BCUT2D eigenvalue weighted by Crippen LogP contribution is 2.31. The smallest absolute Gasteiger partial charge is 0.339 e. The van der Waals surface area contributed by atoms with Crippen LogP contribution in [0.25, 0.3) is 21.9 Å². The van der Waals surface area contributed by atoms with Gasteiger partial charge < -0.3 is 29.7 Å². The maximum atomic E-state index is 12.9. The molecule has 0 unspecified atom stereocenters. The third-order valence-corrected chi connectivity index (χ3v) is 6.12. The van der Waals surface area contributed by atoms with Crippen LogP contribution in [0.3, 0.4) is 0 Å². The molecule has 9 heteroatoms. The number of carboxylic acid groups (broad SMARTS) is 1. The maximum absolute atomic E-state index is 12.9. The largest absolute Gasteiger partial charge is 0.508 e. The summed E-state index contributed by atoms with van der Waals surface area (Å²) in [4.78, 5) is 39.9. The lowest BCUT2D eigenvalue weighted by atomic mass is 10.0. The molecule has 1 amide bonds. The van der Waals surface area contributed by atoms with E-state index in [1.165, 1.54) is 13.0 Å². The first-order chi connectivity index (χ1) is 16.5. The van der Waals surface area contributed by atoms with Crippen LogP contribution in [-0.4, -0.2) is 39.2 Å². The highest BCUT2D eigenvalue weighted by atomic mass is 16.5. The monoisotopic (exact) mass is 478 g/mol. The first kappa shape index (κ1) is 23.9. The number of nitrogens with one attached hydrogen (secondary N) is 2. The second-order valence-corrected chi connectivity index (χ2v) is 8.68. The predicted octanol–water partition coefficient (Wildman–Crippen LogP) is 3.48. The van der Waals surface area contributed by atoms with Gasteiger partial charge >= 0.3 is 11.6 Å². The molecule has 0 aliphatic rings. The van der Waals surface area contributed by atoms with Crippen LogP contribution in [0.5, 0.6) is 11.5 Å². The van der Waals surface area contributed by atoms with Gasteiger partial charge in [0.2, 0.25) is 0 Å². The van der Waals surface area contributed by atoms with Crippen LogP contribution in [0.15, 0.2) is 45.7 Å². The number of ether oxygens (including phenoxy) is 1. The van der Waals surface area contributed by atoms with Crippen LogP contribution < -0.4 is 15.7 Å². The van der Waals surface area contributed by atoms with Crippen molar-refractivity contribution >= 4 is 33.7 Å². The summed E-state index contributed by atoms with van der Waals surface area (Å²) in [6.07, 6.45) is 0.637. The number of H-pyrrole nitrogens is 1. The number of hydrogen-bond acceptors (Lipinski definition) is 6. The molecule has 35 heavy (non-hydrogen) atoms. The third kappa shape index (κ3) is 4.70. The third-order valence-electron chi connectivity index (χ3n) is 6.12. The Labute approximate surface area is 200 Å². The molecule has 0 aliphatic carbocycles. The van der Waals surface area contributed by atoms with Crippen molar-refractivity contribution in [1.82, 2.24) is 10.3 Å². The lowest BCUT2D eigenvalue weighted by Gasteiger charge is -2.20. The van der Waals surface area contributed by atoms with Crippen molar-refractivity contribution in [3.63, 3.8) is 0 Å². The number of fused-ring (bicyclic) bond motifs is 2. The number of carboxylic acids is 1. The van der Waals surface area contributed by atoms with Crippen LogP contribution in [0.4, 0.5) is 0 Å². The minimum atomic E-state index is -1.22. The molecule has 0 spiro atoms. The highest BCUT2D eigenvalue weighted by Gasteiger charge is 2.26. The molecule has 0 bridgehead atoms. The fourth-order valence-corrected chi connectivity index (χ4v) is 4.07. The molecule has 0 fully saturated rings. The average molecular weight is 479 g/mol. The molecule has 4 rings (SSSR count). The summed E-state index contributed by atoms with van der Waals surface area (Å²) in [7, 11) is 0. The van der Waals surface area contributed by atoms with E-state index in [1.807, 2.05) is 6.92 Å². The van der Waals surface area contributed by atoms with Crippen LogP contribution >= 0.6 is 0 Å². The molecule has 182 valence electrons. The number of carbonyl (C=O) groups is 2. The number of benzene rings is 2. The second kappa shape index (κ2) is 9.17. The normalized spacial score (nSPS) is 13.0. The number of aromatic hydroxyl groups is 1. The van der Waals surface area contributed by atoms with E-state index in [1.54, 1.807) is 44.3 Å². The minimum absolute atomic E-state index is 0.00802. The van der Waals surface area contributed by atoms with E-state index in [2.05, 4.69) is 10.3 Å². The van der Waals surface area contributed by atoms with E-state index in [0.717, 1.165) is 11.1 Å². The highest BCUT2D eigenvalue weighted by molar-refractivity contribution is 5.91. The Morgan fingerprint density at radius 3 is 2.60 bits per heavy atom. The van der Waals surface area contributed by atoms with Gasteiger partial charge in [0.05, 0.1) is 5.39 Å². The zero-order valence-electron chi connectivity index (χ0n) is 19.8. The number of aryl methyl sites for hydroxylation is 2. The number of aliphatic carboxylic acids is 1. The summed E-state index contributed by atoms with van der Waals surface area (Å²) in [6, 6.07) is 7.01. The molecule has 2 heterocycles. The van der Waals surface area contributed by atoms with Crippen molar-refractivity contribution in [1.29, 1.82) is 0 Å². The minimum Gasteiger partial charge on any atom is -0.508 e. The molecule has 0 aliphatic heterocycles. The van der Waals surface area contributed by atoms with Crippen molar-refractivity contribution < 1.29 is 29.0 Å². The Morgan fingerprint density at radius 1 is 1.14 bits per heavy atom.